The van der Waals surface area contributed by atoms with Crippen LogP contribution in [0.25, 0.3) is 0 Å². The summed E-state index contributed by atoms with van der Waals surface area (Å²) < 4.78 is 0. The summed E-state index contributed by atoms with van der Waals surface area (Å²) in [6, 6.07) is 22.9. The fourth-order valence-corrected chi connectivity index (χ4v) is 3.25. The number of amides is 3. The maximum Gasteiger partial charge on any atom is 0.323 e. The molecule has 3 amide bonds. The fourth-order valence-electron chi connectivity index (χ4n) is 3.25. The largest absolute Gasteiger partial charge is 0.377 e. The van der Waals surface area contributed by atoms with Gasteiger partial charge >= 0.3 is 6.03 Å². The molecule has 0 saturated heterocycles. The minimum Gasteiger partial charge on any atom is -0.377 e. The summed E-state index contributed by atoms with van der Waals surface area (Å²) in [5.74, 6) is -0.240. The van der Waals surface area contributed by atoms with Crippen molar-refractivity contribution in [2.45, 2.75) is 13.0 Å². The van der Waals surface area contributed by atoms with Crippen LogP contribution in [0.3, 0.4) is 0 Å². The van der Waals surface area contributed by atoms with Crippen LogP contribution in [0.15, 0.2) is 72.8 Å². The molecule has 3 N–H and O–H groups in total. The van der Waals surface area contributed by atoms with E-state index < -0.39 is 6.03 Å². The second-order valence-electron chi connectivity index (χ2n) is 7.50. The number of carbonyl (C=O) groups is 2. The Kier molecular flexibility index (Phi) is 7.09. The van der Waals surface area contributed by atoms with E-state index in [1.165, 1.54) is 0 Å². The number of nitrogens with zero attached hydrogens (tertiary/aromatic N) is 2. The number of hydrogen-bond donors (Lipinski definition) is 3. The van der Waals surface area contributed by atoms with E-state index in [-0.39, 0.29) is 11.9 Å². The van der Waals surface area contributed by atoms with Crippen LogP contribution in [-0.2, 0) is 0 Å². The SMILES string of the molecule is CC(NC(=O)c1cc(NC(=O)Nc2cccc(C#N)c2)ccc1N(C)C)c1ccccc1. The molecule has 3 aromatic carbocycles. The van der Waals surface area contributed by atoms with Crippen molar-refractivity contribution in [3.8, 4) is 6.07 Å². The molecule has 3 rings (SSSR count). The summed E-state index contributed by atoms with van der Waals surface area (Å²) in [5.41, 5.74) is 3.60. The lowest BCUT2D eigenvalue weighted by Gasteiger charge is -2.20. The predicted molar refractivity (Wildman–Crippen MR) is 127 cm³/mol. The fraction of sp³-hybridized carbons (Fsp3) is 0.160. The maximum absolute atomic E-state index is 13.1. The average molecular weight is 428 g/mol. The highest BCUT2D eigenvalue weighted by atomic mass is 16.2. The molecule has 7 heteroatoms. The Morgan fingerprint density at radius 3 is 2.25 bits per heavy atom. The number of benzene rings is 3. The molecule has 32 heavy (non-hydrogen) atoms. The van der Waals surface area contributed by atoms with E-state index in [4.69, 9.17) is 5.26 Å². The minimum atomic E-state index is -0.471. The van der Waals surface area contributed by atoms with Gasteiger partial charge in [0, 0.05) is 31.2 Å². The summed E-state index contributed by atoms with van der Waals surface area (Å²) in [5, 5.41) is 17.5. The average Bonchev–Trinajstić information content (AvgIpc) is 2.79. The van der Waals surface area contributed by atoms with Crippen LogP contribution in [0.2, 0.25) is 0 Å². The molecule has 1 unspecified atom stereocenters. The Bertz CT molecular complexity index is 1150. The Hall–Kier alpha value is -4.31. The Morgan fingerprint density at radius 1 is 0.906 bits per heavy atom. The summed E-state index contributed by atoms with van der Waals surface area (Å²) in [6.45, 7) is 1.92. The summed E-state index contributed by atoms with van der Waals surface area (Å²) in [6.07, 6.45) is 0. The second-order valence-corrected chi connectivity index (χ2v) is 7.50. The Morgan fingerprint density at radius 2 is 1.59 bits per heavy atom. The predicted octanol–water partition coefficient (Wildman–Crippen LogP) is 4.76. The van der Waals surface area contributed by atoms with Gasteiger partial charge in [0.25, 0.3) is 5.91 Å². The molecular formula is C25H25N5O2. The number of rotatable bonds is 6. The number of anilines is 3. The van der Waals surface area contributed by atoms with Crippen molar-refractivity contribution in [3.05, 3.63) is 89.5 Å². The van der Waals surface area contributed by atoms with Gasteiger partial charge in [0.2, 0.25) is 0 Å². The highest BCUT2D eigenvalue weighted by Crippen LogP contribution is 2.24. The van der Waals surface area contributed by atoms with Crippen LogP contribution in [0.5, 0.6) is 0 Å². The van der Waals surface area contributed by atoms with Gasteiger partial charge in [-0.3, -0.25) is 4.79 Å². The molecule has 0 heterocycles. The van der Waals surface area contributed by atoms with Gasteiger partial charge in [0.15, 0.2) is 0 Å². The zero-order chi connectivity index (χ0) is 23.1. The Balaban J connectivity index is 1.77. The molecule has 3 aromatic rings. The van der Waals surface area contributed by atoms with E-state index in [2.05, 4.69) is 16.0 Å². The van der Waals surface area contributed by atoms with E-state index in [1.54, 1.807) is 42.5 Å². The molecule has 162 valence electrons. The standard InChI is InChI=1S/C25H25N5O2/c1-17(19-9-5-4-6-10-19)27-24(31)22-15-21(12-13-23(22)30(2)3)29-25(32)28-20-11-7-8-18(14-20)16-26/h4-15,17H,1-3H3,(H,27,31)(H2,28,29,32). The number of nitrogens with one attached hydrogen (secondary N) is 3. The third-order valence-electron chi connectivity index (χ3n) is 4.88. The van der Waals surface area contributed by atoms with Crippen LogP contribution in [0.4, 0.5) is 21.9 Å². The first-order valence-corrected chi connectivity index (χ1v) is 10.1. The molecular weight excluding hydrogens is 402 g/mol. The van der Waals surface area contributed by atoms with Gasteiger partial charge in [-0.05, 0) is 48.9 Å². The molecule has 0 aliphatic heterocycles. The van der Waals surface area contributed by atoms with Crippen molar-refractivity contribution < 1.29 is 9.59 Å². The van der Waals surface area contributed by atoms with Crippen LogP contribution in [-0.4, -0.2) is 26.0 Å². The zero-order valence-electron chi connectivity index (χ0n) is 18.2. The van der Waals surface area contributed by atoms with Crippen molar-refractivity contribution in [2.24, 2.45) is 0 Å². The monoisotopic (exact) mass is 427 g/mol. The molecule has 0 aliphatic rings. The first-order valence-electron chi connectivity index (χ1n) is 10.1. The lowest BCUT2D eigenvalue weighted by Crippen LogP contribution is -2.28. The smallest absolute Gasteiger partial charge is 0.323 e. The molecule has 0 aromatic heterocycles. The lowest BCUT2D eigenvalue weighted by atomic mass is 10.1. The van der Waals surface area contributed by atoms with E-state index in [0.29, 0.717) is 22.5 Å². The number of hydrogen-bond acceptors (Lipinski definition) is 4. The molecule has 1 atom stereocenters. The van der Waals surface area contributed by atoms with Gasteiger partial charge in [-0.15, -0.1) is 0 Å². The number of urea groups is 1. The molecule has 0 aliphatic carbocycles. The van der Waals surface area contributed by atoms with E-state index in [9.17, 15) is 9.59 Å². The Labute approximate surface area is 187 Å². The molecule has 0 fully saturated rings. The van der Waals surface area contributed by atoms with Gasteiger partial charge in [0.1, 0.15) is 0 Å². The van der Waals surface area contributed by atoms with Crippen LogP contribution < -0.4 is 20.9 Å². The summed E-state index contributed by atoms with van der Waals surface area (Å²) >= 11 is 0. The van der Waals surface area contributed by atoms with Gasteiger partial charge in [-0.1, -0.05) is 36.4 Å². The van der Waals surface area contributed by atoms with Gasteiger partial charge in [-0.25, -0.2) is 4.79 Å². The van der Waals surface area contributed by atoms with Crippen LogP contribution >= 0.6 is 0 Å². The third-order valence-corrected chi connectivity index (χ3v) is 4.88. The van der Waals surface area contributed by atoms with Crippen molar-refractivity contribution in [1.29, 1.82) is 5.26 Å². The van der Waals surface area contributed by atoms with Crippen molar-refractivity contribution >= 4 is 29.0 Å². The van der Waals surface area contributed by atoms with Crippen molar-refractivity contribution in [2.75, 3.05) is 29.6 Å². The molecule has 0 radical (unpaired) electrons. The highest BCUT2D eigenvalue weighted by molar-refractivity contribution is 6.04. The first kappa shape index (κ1) is 22.4. The quantitative estimate of drug-likeness (QED) is 0.528. The summed E-state index contributed by atoms with van der Waals surface area (Å²) in [4.78, 5) is 27.3. The van der Waals surface area contributed by atoms with Crippen LogP contribution in [0, 0.1) is 11.3 Å². The molecule has 0 spiro atoms. The molecule has 0 bridgehead atoms. The summed E-state index contributed by atoms with van der Waals surface area (Å²) in [7, 11) is 3.71. The van der Waals surface area contributed by atoms with Gasteiger partial charge in [0.05, 0.1) is 23.2 Å². The highest BCUT2D eigenvalue weighted by Gasteiger charge is 2.17. The van der Waals surface area contributed by atoms with E-state index in [0.717, 1.165) is 11.3 Å². The van der Waals surface area contributed by atoms with Crippen molar-refractivity contribution in [3.63, 3.8) is 0 Å². The van der Waals surface area contributed by atoms with E-state index >= 15 is 0 Å². The number of carbonyl (C=O) groups excluding carboxylic acids is 2. The minimum absolute atomic E-state index is 0.175. The van der Waals surface area contributed by atoms with Gasteiger partial charge < -0.3 is 20.9 Å². The van der Waals surface area contributed by atoms with Crippen molar-refractivity contribution in [1.82, 2.24) is 5.32 Å². The zero-order valence-corrected chi connectivity index (χ0v) is 18.2. The van der Waals surface area contributed by atoms with E-state index in [1.807, 2.05) is 62.3 Å². The topological polar surface area (TPSA) is 97.3 Å². The van der Waals surface area contributed by atoms with Gasteiger partial charge in [-0.2, -0.15) is 5.26 Å². The molecule has 0 saturated carbocycles. The lowest BCUT2D eigenvalue weighted by molar-refractivity contribution is 0.0940. The first-order chi connectivity index (χ1) is 15.4. The maximum atomic E-state index is 13.1. The number of nitriles is 1. The third kappa shape index (κ3) is 5.64. The molecule has 7 nitrogen and oxygen atoms in total. The normalized spacial score (nSPS) is 11.1. The second kappa shape index (κ2) is 10.1. The van der Waals surface area contributed by atoms with Crippen LogP contribution in [0.1, 0.15) is 34.5 Å².